The molecule has 6 heteroatoms. The number of hydrogen-bond donors (Lipinski definition) is 2. The van der Waals surface area contributed by atoms with Gasteiger partial charge in [-0.3, -0.25) is 4.79 Å². The molecule has 1 atom stereocenters. The summed E-state index contributed by atoms with van der Waals surface area (Å²) in [4.78, 5) is 14.7. The van der Waals surface area contributed by atoms with Crippen LogP contribution in [-0.4, -0.2) is 37.0 Å². The first-order valence-corrected chi connectivity index (χ1v) is 8.42. The highest BCUT2D eigenvalue weighted by atomic mass is 35.5. The zero-order valence-corrected chi connectivity index (χ0v) is 16.3. The van der Waals surface area contributed by atoms with Gasteiger partial charge in [-0.1, -0.05) is 36.8 Å². The average Bonchev–Trinajstić information content (AvgIpc) is 2.54. The third kappa shape index (κ3) is 6.98. The number of likely N-dealkylation sites (tertiary alicyclic amines) is 1. The lowest BCUT2D eigenvalue weighted by Crippen LogP contribution is -2.41. The van der Waals surface area contributed by atoms with Gasteiger partial charge in [0.1, 0.15) is 6.04 Å². The van der Waals surface area contributed by atoms with Gasteiger partial charge in [0.2, 0.25) is 5.91 Å². The van der Waals surface area contributed by atoms with Crippen LogP contribution in [0.25, 0.3) is 0 Å². The number of nitrogens with zero attached hydrogens (tertiary/aromatic N) is 1. The van der Waals surface area contributed by atoms with Crippen LogP contribution >= 0.6 is 24.8 Å². The summed E-state index contributed by atoms with van der Waals surface area (Å²) in [6, 6.07) is 7.28. The standard InChI is InChI=1S/C18H29N3O.2ClH/c1-3-10-21-11-8-15(9-12-21)13-20-18(22)17(19)16-6-4-14(2)5-7-16;;/h4-7,15,17H,3,8-13,19H2,1-2H3,(H,20,22);2*1H. The van der Waals surface area contributed by atoms with Crippen LogP contribution in [0, 0.1) is 12.8 Å². The third-order valence-corrected chi connectivity index (χ3v) is 4.53. The monoisotopic (exact) mass is 375 g/mol. The van der Waals surface area contributed by atoms with Crippen molar-refractivity contribution in [2.45, 2.75) is 39.2 Å². The minimum absolute atomic E-state index is 0. The normalized spacial score (nSPS) is 16.6. The van der Waals surface area contributed by atoms with E-state index >= 15 is 0 Å². The lowest BCUT2D eigenvalue weighted by molar-refractivity contribution is -0.122. The Morgan fingerprint density at radius 2 is 1.83 bits per heavy atom. The van der Waals surface area contributed by atoms with Gasteiger partial charge in [-0.2, -0.15) is 0 Å². The summed E-state index contributed by atoms with van der Waals surface area (Å²) in [6.07, 6.45) is 3.55. The molecule has 1 heterocycles. The van der Waals surface area contributed by atoms with Crippen LogP contribution in [0.2, 0.25) is 0 Å². The van der Waals surface area contributed by atoms with Crippen LogP contribution < -0.4 is 11.1 Å². The highest BCUT2D eigenvalue weighted by molar-refractivity contribution is 5.85. The van der Waals surface area contributed by atoms with Crippen molar-refractivity contribution in [3.63, 3.8) is 0 Å². The van der Waals surface area contributed by atoms with E-state index in [1.807, 2.05) is 31.2 Å². The van der Waals surface area contributed by atoms with Crippen LogP contribution in [0.4, 0.5) is 0 Å². The van der Waals surface area contributed by atoms with Gasteiger partial charge < -0.3 is 16.0 Å². The molecule has 1 aliphatic rings. The SMILES string of the molecule is CCCN1CCC(CNC(=O)C(N)c2ccc(C)cc2)CC1.Cl.Cl. The Morgan fingerprint density at radius 1 is 1.25 bits per heavy atom. The summed E-state index contributed by atoms with van der Waals surface area (Å²) < 4.78 is 0. The Balaban J connectivity index is 0.00000264. The van der Waals surface area contributed by atoms with Crippen molar-refractivity contribution >= 4 is 30.7 Å². The second-order valence-corrected chi connectivity index (χ2v) is 6.42. The minimum Gasteiger partial charge on any atom is -0.354 e. The first-order chi connectivity index (χ1) is 10.6. The number of carbonyl (C=O) groups excluding carboxylic acids is 1. The van der Waals surface area contributed by atoms with Crippen molar-refractivity contribution in [3.05, 3.63) is 35.4 Å². The lowest BCUT2D eigenvalue weighted by atomic mass is 9.96. The van der Waals surface area contributed by atoms with Crippen LogP contribution in [-0.2, 0) is 4.79 Å². The maximum atomic E-state index is 12.2. The Labute approximate surface area is 158 Å². The van der Waals surface area contributed by atoms with E-state index in [2.05, 4.69) is 17.1 Å². The predicted molar refractivity (Wildman–Crippen MR) is 105 cm³/mol. The van der Waals surface area contributed by atoms with E-state index in [1.54, 1.807) is 0 Å². The Hall–Kier alpha value is -0.810. The highest BCUT2D eigenvalue weighted by Gasteiger charge is 2.21. The van der Waals surface area contributed by atoms with Gasteiger partial charge in [0.15, 0.2) is 0 Å². The number of amides is 1. The van der Waals surface area contributed by atoms with Gasteiger partial charge in [-0.25, -0.2) is 0 Å². The molecule has 3 N–H and O–H groups in total. The number of halogens is 2. The second-order valence-electron chi connectivity index (χ2n) is 6.42. The number of benzene rings is 1. The lowest BCUT2D eigenvalue weighted by Gasteiger charge is -2.31. The average molecular weight is 376 g/mol. The van der Waals surface area contributed by atoms with Gasteiger partial charge in [0.25, 0.3) is 0 Å². The van der Waals surface area contributed by atoms with Crippen LogP contribution in [0.5, 0.6) is 0 Å². The fraction of sp³-hybridized carbons (Fsp3) is 0.611. The van der Waals surface area contributed by atoms with Crippen LogP contribution in [0.15, 0.2) is 24.3 Å². The summed E-state index contributed by atoms with van der Waals surface area (Å²) >= 11 is 0. The molecule has 1 aromatic rings. The number of aryl methyl sites for hydroxylation is 1. The van der Waals surface area contributed by atoms with E-state index in [9.17, 15) is 4.79 Å². The molecule has 0 saturated carbocycles. The largest absolute Gasteiger partial charge is 0.354 e. The Kier molecular flexibility index (Phi) is 11.3. The van der Waals surface area contributed by atoms with E-state index < -0.39 is 6.04 Å². The molecular formula is C18H31Cl2N3O. The molecular weight excluding hydrogens is 345 g/mol. The summed E-state index contributed by atoms with van der Waals surface area (Å²) in [5.41, 5.74) is 8.10. The van der Waals surface area contributed by atoms with Crippen molar-refractivity contribution in [2.24, 2.45) is 11.7 Å². The molecule has 24 heavy (non-hydrogen) atoms. The van der Waals surface area contributed by atoms with Crippen LogP contribution in [0.1, 0.15) is 43.4 Å². The molecule has 1 saturated heterocycles. The predicted octanol–water partition coefficient (Wildman–Crippen LogP) is 3.08. The molecule has 1 fully saturated rings. The van der Waals surface area contributed by atoms with Gasteiger partial charge >= 0.3 is 0 Å². The van der Waals surface area contributed by atoms with E-state index in [0.717, 1.165) is 25.2 Å². The zero-order valence-electron chi connectivity index (χ0n) is 14.7. The van der Waals surface area contributed by atoms with Gasteiger partial charge in [-0.15, -0.1) is 24.8 Å². The molecule has 2 rings (SSSR count). The van der Waals surface area contributed by atoms with E-state index in [-0.39, 0.29) is 30.7 Å². The van der Waals surface area contributed by atoms with Crippen molar-refractivity contribution in [1.29, 1.82) is 0 Å². The Bertz CT molecular complexity index is 474. The van der Waals surface area contributed by atoms with Gasteiger partial charge in [0, 0.05) is 6.54 Å². The van der Waals surface area contributed by atoms with Crippen molar-refractivity contribution in [1.82, 2.24) is 10.2 Å². The van der Waals surface area contributed by atoms with Crippen molar-refractivity contribution in [3.8, 4) is 0 Å². The fourth-order valence-corrected chi connectivity index (χ4v) is 3.01. The quantitative estimate of drug-likeness (QED) is 0.802. The minimum atomic E-state index is -0.569. The summed E-state index contributed by atoms with van der Waals surface area (Å²) in [5, 5.41) is 3.03. The number of carbonyl (C=O) groups is 1. The summed E-state index contributed by atoms with van der Waals surface area (Å²) in [6.45, 7) is 8.49. The number of piperidine rings is 1. The Morgan fingerprint density at radius 3 is 2.38 bits per heavy atom. The number of rotatable bonds is 6. The van der Waals surface area contributed by atoms with E-state index in [0.29, 0.717) is 5.92 Å². The molecule has 1 aliphatic heterocycles. The fourth-order valence-electron chi connectivity index (χ4n) is 3.01. The molecule has 0 spiro atoms. The first-order valence-electron chi connectivity index (χ1n) is 8.42. The van der Waals surface area contributed by atoms with Crippen molar-refractivity contribution < 1.29 is 4.79 Å². The van der Waals surface area contributed by atoms with E-state index in [1.165, 1.54) is 31.4 Å². The molecule has 4 nitrogen and oxygen atoms in total. The maximum Gasteiger partial charge on any atom is 0.241 e. The number of nitrogens with two attached hydrogens (primary N) is 1. The molecule has 1 aromatic carbocycles. The van der Waals surface area contributed by atoms with Crippen molar-refractivity contribution in [2.75, 3.05) is 26.2 Å². The number of hydrogen-bond acceptors (Lipinski definition) is 3. The molecule has 0 radical (unpaired) electrons. The summed E-state index contributed by atoms with van der Waals surface area (Å²) in [5.74, 6) is 0.516. The summed E-state index contributed by atoms with van der Waals surface area (Å²) in [7, 11) is 0. The molecule has 1 unspecified atom stereocenters. The third-order valence-electron chi connectivity index (χ3n) is 4.53. The number of nitrogens with one attached hydrogen (secondary N) is 1. The second kappa shape index (κ2) is 11.7. The molecule has 0 bridgehead atoms. The molecule has 0 aromatic heterocycles. The highest BCUT2D eigenvalue weighted by Crippen LogP contribution is 2.17. The molecule has 0 aliphatic carbocycles. The maximum absolute atomic E-state index is 12.2. The first kappa shape index (κ1) is 23.2. The molecule has 138 valence electrons. The van der Waals surface area contributed by atoms with Gasteiger partial charge in [0.05, 0.1) is 0 Å². The van der Waals surface area contributed by atoms with Gasteiger partial charge in [-0.05, 0) is 57.3 Å². The van der Waals surface area contributed by atoms with E-state index in [4.69, 9.17) is 5.73 Å². The van der Waals surface area contributed by atoms with Crippen LogP contribution in [0.3, 0.4) is 0 Å². The molecule has 1 amide bonds. The smallest absolute Gasteiger partial charge is 0.241 e. The zero-order chi connectivity index (χ0) is 15.9. The topological polar surface area (TPSA) is 58.4 Å².